The Bertz CT molecular complexity index is 597. The standard InChI is InChI=1S/C19H24FNO/c1-21(2)14-17(10-15-6-4-8-18(20)12-15)11-16-7-5-9-19(13-16)22-3/h4-9,12-13,17H,10-11,14H2,1-3H3/t17-/m0/s1. The van der Waals surface area contributed by atoms with Crippen molar-refractivity contribution in [2.75, 3.05) is 27.7 Å². The average Bonchev–Trinajstić information content (AvgIpc) is 2.46. The lowest BCUT2D eigenvalue weighted by atomic mass is 9.92. The number of ether oxygens (including phenoxy) is 1. The van der Waals surface area contributed by atoms with Gasteiger partial charge in [-0.3, -0.25) is 0 Å². The van der Waals surface area contributed by atoms with Gasteiger partial charge in [-0.25, -0.2) is 4.39 Å². The Kier molecular flexibility index (Phi) is 5.96. The SMILES string of the molecule is COc1cccc(C[C@H](Cc2cccc(F)c2)CN(C)C)c1. The zero-order valence-corrected chi connectivity index (χ0v) is 13.6. The smallest absolute Gasteiger partial charge is 0.123 e. The maximum atomic E-state index is 13.4. The Morgan fingerprint density at radius 3 is 2.23 bits per heavy atom. The van der Waals surface area contributed by atoms with Crippen LogP contribution in [0.3, 0.4) is 0 Å². The van der Waals surface area contributed by atoms with Crippen molar-refractivity contribution < 1.29 is 9.13 Å². The van der Waals surface area contributed by atoms with Gasteiger partial charge >= 0.3 is 0 Å². The van der Waals surface area contributed by atoms with E-state index in [1.165, 1.54) is 11.6 Å². The fourth-order valence-electron chi connectivity index (χ4n) is 2.85. The maximum absolute atomic E-state index is 13.4. The number of hydrogen-bond acceptors (Lipinski definition) is 2. The van der Waals surface area contributed by atoms with Crippen molar-refractivity contribution in [2.24, 2.45) is 5.92 Å². The number of nitrogens with zero attached hydrogens (tertiary/aromatic N) is 1. The molecular formula is C19H24FNO. The molecule has 2 aromatic carbocycles. The molecule has 0 aliphatic carbocycles. The van der Waals surface area contributed by atoms with Gasteiger partial charge in [0.15, 0.2) is 0 Å². The first-order chi connectivity index (χ1) is 10.6. The second-order valence-electron chi connectivity index (χ2n) is 6.02. The number of halogens is 1. The highest BCUT2D eigenvalue weighted by atomic mass is 19.1. The highest BCUT2D eigenvalue weighted by Gasteiger charge is 2.13. The zero-order chi connectivity index (χ0) is 15.9. The lowest BCUT2D eigenvalue weighted by Gasteiger charge is -2.21. The summed E-state index contributed by atoms with van der Waals surface area (Å²) in [5.41, 5.74) is 2.30. The Labute approximate surface area is 132 Å². The molecule has 0 amide bonds. The molecule has 0 saturated carbocycles. The molecular weight excluding hydrogens is 277 g/mol. The molecule has 3 heteroatoms. The van der Waals surface area contributed by atoms with E-state index in [1.54, 1.807) is 19.2 Å². The minimum absolute atomic E-state index is 0.164. The number of rotatable bonds is 7. The van der Waals surface area contributed by atoms with Crippen LogP contribution in [0.25, 0.3) is 0 Å². The van der Waals surface area contributed by atoms with Gasteiger partial charge in [-0.1, -0.05) is 24.3 Å². The molecule has 0 unspecified atom stereocenters. The van der Waals surface area contributed by atoms with Gasteiger partial charge in [0.1, 0.15) is 11.6 Å². The summed E-state index contributed by atoms with van der Waals surface area (Å²) >= 11 is 0. The van der Waals surface area contributed by atoms with Crippen molar-refractivity contribution >= 4 is 0 Å². The van der Waals surface area contributed by atoms with Crippen LogP contribution in [0.4, 0.5) is 4.39 Å². The third kappa shape index (κ3) is 5.15. The molecule has 2 nitrogen and oxygen atoms in total. The van der Waals surface area contributed by atoms with Crippen LogP contribution < -0.4 is 4.74 Å². The Morgan fingerprint density at radius 2 is 1.64 bits per heavy atom. The Balaban J connectivity index is 2.11. The first-order valence-corrected chi connectivity index (χ1v) is 7.59. The number of hydrogen-bond donors (Lipinski definition) is 0. The van der Waals surface area contributed by atoms with Crippen LogP contribution in [0.1, 0.15) is 11.1 Å². The molecule has 0 aliphatic heterocycles. The molecule has 0 aromatic heterocycles. The van der Waals surface area contributed by atoms with Gasteiger partial charge in [-0.15, -0.1) is 0 Å². The topological polar surface area (TPSA) is 12.5 Å². The van der Waals surface area contributed by atoms with E-state index in [1.807, 2.05) is 18.2 Å². The first kappa shape index (κ1) is 16.5. The maximum Gasteiger partial charge on any atom is 0.123 e. The van der Waals surface area contributed by atoms with Crippen LogP contribution in [-0.4, -0.2) is 32.6 Å². The van der Waals surface area contributed by atoms with Gasteiger partial charge in [-0.05, 0) is 68.2 Å². The average molecular weight is 301 g/mol. The summed E-state index contributed by atoms with van der Waals surface area (Å²) in [4.78, 5) is 2.18. The molecule has 0 saturated heterocycles. The molecule has 2 rings (SSSR count). The summed E-state index contributed by atoms with van der Waals surface area (Å²) in [5.74, 6) is 1.15. The number of methoxy groups -OCH3 is 1. The van der Waals surface area contributed by atoms with Crippen molar-refractivity contribution in [2.45, 2.75) is 12.8 Å². The second-order valence-corrected chi connectivity index (χ2v) is 6.02. The summed E-state index contributed by atoms with van der Waals surface area (Å²) in [7, 11) is 5.83. The van der Waals surface area contributed by atoms with Gasteiger partial charge in [-0.2, -0.15) is 0 Å². The summed E-state index contributed by atoms with van der Waals surface area (Å²) < 4.78 is 18.7. The van der Waals surface area contributed by atoms with Gasteiger partial charge in [0.2, 0.25) is 0 Å². The molecule has 22 heavy (non-hydrogen) atoms. The molecule has 0 bridgehead atoms. The summed E-state index contributed by atoms with van der Waals surface area (Å²) in [6, 6.07) is 15.1. The van der Waals surface area contributed by atoms with Gasteiger partial charge < -0.3 is 9.64 Å². The van der Waals surface area contributed by atoms with E-state index in [2.05, 4.69) is 31.1 Å². The predicted molar refractivity (Wildman–Crippen MR) is 88.8 cm³/mol. The number of benzene rings is 2. The summed E-state index contributed by atoms with van der Waals surface area (Å²) in [5, 5.41) is 0. The van der Waals surface area contributed by atoms with Crippen molar-refractivity contribution in [3.05, 3.63) is 65.5 Å². The summed E-state index contributed by atoms with van der Waals surface area (Å²) in [6.07, 6.45) is 1.82. The van der Waals surface area contributed by atoms with Crippen molar-refractivity contribution in [1.29, 1.82) is 0 Å². The fraction of sp³-hybridized carbons (Fsp3) is 0.368. The molecule has 0 heterocycles. The highest BCUT2D eigenvalue weighted by Crippen LogP contribution is 2.19. The minimum Gasteiger partial charge on any atom is -0.497 e. The third-order valence-corrected chi connectivity index (χ3v) is 3.70. The van der Waals surface area contributed by atoms with E-state index in [0.717, 1.165) is 30.7 Å². The molecule has 0 radical (unpaired) electrons. The monoisotopic (exact) mass is 301 g/mol. The van der Waals surface area contributed by atoms with Crippen LogP contribution in [0.2, 0.25) is 0 Å². The Morgan fingerprint density at radius 1 is 1.00 bits per heavy atom. The molecule has 0 spiro atoms. The molecule has 0 aliphatic rings. The summed E-state index contributed by atoms with van der Waals surface area (Å²) in [6.45, 7) is 0.966. The quantitative estimate of drug-likeness (QED) is 0.771. The van der Waals surface area contributed by atoms with Gasteiger partial charge in [0.25, 0.3) is 0 Å². The normalized spacial score (nSPS) is 12.4. The predicted octanol–water partition coefficient (Wildman–Crippen LogP) is 3.80. The zero-order valence-electron chi connectivity index (χ0n) is 13.6. The van der Waals surface area contributed by atoms with Crippen molar-refractivity contribution in [3.63, 3.8) is 0 Å². The fourth-order valence-corrected chi connectivity index (χ4v) is 2.85. The minimum atomic E-state index is -0.164. The first-order valence-electron chi connectivity index (χ1n) is 7.59. The van der Waals surface area contributed by atoms with Crippen molar-refractivity contribution in [1.82, 2.24) is 4.90 Å². The molecule has 0 fully saturated rings. The van der Waals surface area contributed by atoms with E-state index in [0.29, 0.717) is 5.92 Å². The van der Waals surface area contributed by atoms with E-state index < -0.39 is 0 Å². The molecule has 118 valence electrons. The van der Waals surface area contributed by atoms with E-state index in [9.17, 15) is 4.39 Å². The molecule has 0 N–H and O–H groups in total. The van der Waals surface area contributed by atoms with E-state index in [4.69, 9.17) is 4.74 Å². The van der Waals surface area contributed by atoms with Crippen LogP contribution >= 0.6 is 0 Å². The largest absolute Gasteiger partial charge is 0.497 e. The van der Waals surface area contributed by atoms with E-state index in [-0.39, 0.29) is 5.82 Å². The van der Waals surface area contributed by atoms with Crippen LogP contribution in [0.15, 0.2) is 48.5 Å². The van der Waals surface area contributed by atoms with Crippen LogP contribution in [0, 0.1) is 11.7 Å². The van der Waals surface area contributed by atoms with Crippen LogP contribution in [-0.2, 0) is 12.8 Å². The molecule has 1 atom stereocenters. The van der Waals surface area contributed by atoms with Gasteiger partial charge in [0, 0.05) is 6.54 Å². The Hall–Kier alpha value is -1.87. The lowest BCUT2D eigenvalue weighted by Crippen LogP contribution is -2.25. The second kappa shape index (κ2) is 7.95. The van der Waals surface area contributed by atoms with Gasteiger partial charge in [0.05, 0.1) is 7.11 Å². The highest BCUT2D eigenvalue weighted by molar-refractivity contribution is 5.29. The van der Waals surface area contributed by atoms with Crippen LogP contribution in [0.5, 0.6) is 5.75 Å². The van der Waals surface area contributed by atoms with E-state index >= 15 is 0 Å². The molecule has 2 aromatic rings. The third-order valence-electron chi connectivity index (χ3n) is 3.70. The lowest BCUT2D eigenvalue weighted by molar-refractivity contribution is 0.320. The van der Waals surface area contributed by atoms with Crippen molar-refractivity contribution in [3.8, 4) is 5.75 Å².